The summed E-state index contributed by atoms with van der Waals surface area (Å²) in [5.41, 5.74) is 0. The Morgan fingerprint density at radius 2 is 1.00 bits per heavy atom. The molecule has 0 unspecified atom stereocenters. The van der Waals surface area contributed by atoms with Gasteiger partial charge in [-0.25, -0.2) is 0 Å². The van der Waals surface area contributed by atoms with Crippen LogP contribution in [0.2, 0.25) is 0 Å². The van der Waals surface area contributed by atoms with Gasteiger partial charge >= 0.3 is 0 Å². The van der Waals surface area contributed by atoms with Gasteiger partial charge in [0.2, 0.25) is 11.8 Å². The molecule has 28 heavy (non-hydrogen) atoms. The first kappa shape index (κ1) is 23.2. The van der Waals surface area contributed by atoms with E-state index in [0.717, 1.165) is 25.7 Å². The number of amides is 2. The maximum atomic E-state index is 12.1. The number of nitrogens with one attached hydrogen (secondary N) is 2. The second kappa shape index (κ2) is 13.2. The molecule has 2 fully saturated rings. The molecule has 2 aliphatic rings. The smallest absolute Gasteiger partial charge is 0.220 e. The molecular weight excluding hydrogens is 348 g/mol. The molecule has 2 saturated carbocycles. The minimum atomic E-state index is 0.206. The van der Waals surface area contributed by atoms with E-state index in [9.17, 15) is 9.59 Å². The molecule has 0 aromatic heterocycles. The van der Waals surface area contributed by atoms with Crippen LogP contribution in [0.3, 0.4) is 0 Å². The Hall–Kier alpha value is -1.06. The summed E-state index contributed by atoms with van der Waals surface area (Å²) in [4.78, 5) is 24.3. The molecule has 2 atom stereocenters. The quantitative estimate of drug-likeness (QED) is 0.456. The summed E-state index contributed by atoms with van der Waals surface area (Å²) in [5, 5.41) is 6.42. The highest BCUT2D eigenvalue weighted by atomic mass is 16.2. The summed E-state index contributed by atoms with van der Waals surface area (Å²) in [6.07, 6.45) is 18.2. The van der Waals surface area contributed by atoms with Crippen molar-refractivity contribution in [3.05, 3.63) is 0 Å². The first-order chi connectivity index (χ1) is 13.6. The molecular formula is C24H44N2O2. The van der Waals surface area contributed by atoms with Crippen LogP contribution >= 0.6 is 0 Å². The lowest BCUT2D eigenvalue weighted by Crippen LogP contribution is -2.38. The van der Waals surface area contributed by atoms with Crippen LogP contribution in [0, 0.1) is 11.8 Å². The molecule has 0 radical (unpaired) electrons. The molecule has 0 aromatic rings. The van der Waals surface area contributed by atoms with Gasteiger partial charge in [0.1, 0.15) is 0 Å². The molecule has 4 nitrogen and oxygen atoms in total. The van der Waals surface area contributed by atoms with Crippen LogP contribution in [0.25, 0.3) is 0 Å². The van der Waals surface area contributed by atoms with Crippen molar-refractivity contribution in [2.45, 2.75) is 129 Å². The molecule has 0 bridgehead atoms. The second-order valence-corrected chi connectivity index (χ2v) is 9.42. The molecule has 2 aliphatic carbocycles. The van der Waals surface area contributed by atoms with Gasteiger partial charge in [-0.05, 0) is 64.2 Å². The monoisotopic (exact) mass is 392 g/mol. The van der Waals surface area contributed by atoms with Crippen LogP contribution in [-0.2, 0) is 9.59 Å². The summed E-state index contributed by atoms with van der Waals surface area (Å²) in [6.45, 7) is 4.33. The number of carbonyl (C=O) groups excluding carboxylic acids is 2. The van der Waals surface area contributed by atoms with E-state index in [2.05, 4.69) is 24.5 Å². The Morgan fingerprint density at radius 3 is 1.36 bits per heavy atom. The maximum Gasteiger partial charge on any atom is 0.220 e. The SMILES string of the molecule is C[C@H](NC(=O)CCCCCCC(=O)N[C@@H](C)C1CCCCC1)C1CCCCC1. The van der Waals surface area contributed by atoms with E-state index >= 15 is 0 Å². The van der Waals surface area contributed by atoms with Gasteiger partial charge in [0.15, 0.2) is 0 Å². The number of carbonyl (C=O) groups is 2. The molecule has 4 heteroatoms. The lowest BCUT2D eigenvalue weighted by Gasteiger charge is -2.28. The van der Waals surface area contributed by atoms with E-state index in [-0.39, 0.29) is 11.8 Å². The number of hydrogen-bond acceptors (Lipinski definition) is 2. The van der Waals surface area contributed by atoms with Crippen molar-refractivity contribution in [1.29, 1.82) is 0 Å². The van der Waals surface area contributed by atoms with Gasteiger partial charge in [-0.1, -0.05) is 51.4 Å². The van der Waals surface area contributed by atoms with E-state index in [1.165, 1.54) is 64.2 Å². The van der Waals surface area contributed by atoms with E-state index in [1.807, 2.05) is 0 Å². The minimum Gasteiger partial charge on any atom is -0.353 e. The third-order valence-corrected chi connectivity index (χ3v) is 7.05. The summed E-state index contributed by atoms with van der Waals surface area (Å²) in [7, 11) is 0. The lowest BCUT2D eigenvalue weighted by atomic mass is 9.84. The van der Waals surface area contributed by atoms with Crippen molar-refractivity contribution in [1.82, 2.24) is 10.6 Å². The highest BCUT2D eigenvalue weighted by Crippen LogP contribution is 2.27. The van der Waals surface area contributed by atoms with Crippen LogP contribution in [0.5, 0.6) is 0 Å². The third kappa shape index (κ3) is 8.96. The standard InChI is InChI=1S/C24H44N2O2/c1-19(21-13-7-5-8-14-21)25-23(27)17-11-3-4-12-18-24(28)26-20(2)22-15-9-6-10-16-22/h19-22H,3-18H2,1-2H3,(H,25,27)(H,26,28)/t19-,20-/m0/s1. The average Bonchev–Trinajstić information content (AvgIpc) is 2.71. The maximum absolute atomic E-state index is 12.1. The Bertz CT molecular complexity index is 412. The summed E-state index contributed by atoms with van der Waals surface area (Å²) >= 11 is 0. The highest BCUT2D eigenvalue weighted by molar-refractivity contribution is 5.76. The normalized spacial score (nSPS) is 21.1. The first-order valence-electron chi connectivity index (χ1n) is 12.1. The predicted molar refractivity (Wildman–Crippen MR) is 116 cm³/mol. The van der Waals surface area contributed by atoms with E-state index in [1.54, 1.807) is 0 Å². The zero-order chi connectivity index (χ0) is 20.2. The van der Waals surface area contributed by atoms with Crippen LogP contribution < -0.4 is 10.6 Å². The molecule has 162 valence electrons. The van der Waals surface area contributed by atoms with Gasteiger partial charge in [0.05, 0.1) is 0 Å². The van der Waals surface area contributed by atoms with Crippen molar-refractivity contribution in [3.8, 4) is 0 Å². The number of hydrogen-bond donors (Lipinski definition) is 2. The van der Waals surface area contributed by atoms with Gasteiger partial charge in [0.25, 0.3) is 0 Å². The zero-order valence-electron chi connectivity index (χ0n) is 18.4. The summed E-state index contributed by atoms with van der Waals surface area (Å²) in [5.74, 6) is 1.76. The highest BCUT2D eigenvalue weighted by Gasteiger charge is 2.22. The van der Waals surface area contributed by atoms with Gasteiger partial charge in [-0.2, -0.15) is 0 Å². The zero-order valence-corrected chi connectivity index (χ0v) is 18.4. The van der Waals surface area contributed by atoms with Crippen LogP contribution in [0.4, 0.5) is 0 Å². The number of unbranched alkanes of at least 4 members (excludes halogenated alkanes) is 3. The van der Waals surface area contributed by atoms with Gasteiger partial charge in [0, 0.05) is 24.9 Å². The Morgan fingerprint density at radius 1 is 0.643 bits per heavy atom. The van der Waals surface area contributed by atoms with Crippen LogP contribution in [-0.4, -0.2) is 23.9 Å². The molecule has 2 rings (SSSR count). The Balaban J connectivity index is 1.46. The fraction of sp³-hybridized carbons (Fsp3) is 0.917. The molecule has 2 N–H and O–H groups in total. The average molecular weight is 393 g/mol. The van der Waals surface area contributed by atoms with Gasteiger partial charge in [-0.15, -0.1) is 0 Å². The fourth-order valence-electron chi connectivity index (χ4n) is 5.08. The Labute approximate surface area is 173 Å². The summed E-state index contributed by atoms with van der Waals surface area (Å²) < 4.78 is 0. The van der Waals surface area contributed by atoms with Crippen molar-refractivity contribution >= 4 is 11.8 Å². The number of rotatable bonds is 11. The minimum absolute atomic E-state index is 0.206. The van der Waals surface area contributed by atoms with Crippen LogP contribution in [0.1, 0.15) is 117 Å². The van der Waals surface area contributed by atoms with Gasteiger partial charge in [-0.3, -0.25) is 9.59 Å². The van der Waals surface area contributed by atoms with Crippen molar-refractivity contribution in [2.24, 2.45) is 11.8 Å². The van der Waals surface area contributed by atoms with E-state index in [4.69, 9.17) is 0 Å². The second-order valence-electron chi connectivity index (χ2n) is 9.42. The molecule has 0 aromatic carbocycles. The van der Waals surface area contributed by atoms with E-state index in [0.29, 0.717) is 36.8 Å². The molecule has 0 aliphatic heterocycles. The molecule has 2 amide bonds. The van der Waals surface area contributed by atoms with Crippen LogP contribution in [0.15, 0.2) is 0 Å². The van der Waals surface area contributed by atoms with Gasteiger partial charge < -0.3 is 10.6 Å². The van der Waals surface area contributed by atoms with E-state index < -0.39 is 0 Å². The predicted octanol–water partition coefficient (Wildman–Crippen LogP) is 5.50. The summed E-state index contributed by atoms with van der Waals surface area (Å²) in [6, 6.07) is 0.644. The molecule has 0 heterocycles. The lowest BCUT2D eigenvalue weighted by molar-refractivity contribution is -0.123. The largest absolute Gasteiger partial charge is 0.353 e. The van der Waals surface area contributed by atoms with Crippen molar-refractivity contribution in [3.63, 3.8) is 0 Å². The Kier molecular flexibility index (Phi) is 11.0. The topological polar surface area (TPSA) is 58.2 Å². The molecule has 0 saturated heterocycles. The fourth-order valence-corrected chi connectivity index (χ4v) is 5.08. The van der Waals surface area contributed by atoms with Crippen molar-refractivity contribution < 1.29 is 9.59 Å². The first-order valence-corrected chi connectivity index (χ1v) is 12.1. The molecule has 0 spiro atoms. The third-order valence-electron chi connectivity index (χ3n) is 7.05. The van der Waals surface area contributed by atoms with Crippen molar-refractivity contribution in [2.75, 3.05) is 0 Å².